The molecular weight excluding hydrogens is 434 g/mol. The minimum absolute atomic E-state index is 0.0600. The lowest BCUT2D eigenvalue weighted by molar-refractivity contribution is -0.139. The number of nitrogen functional groups attached to an aromatic ring is 1. The number of aryl methyl sites for hydroxylation is 1. The molecule has 0 saturated heterocycles. The molecule has 0 fully saturated rings. The predicted octanol–water partition coefficient (Wildman–Crippen LogP) is 3.48. The Labute approximate surface area is 196 Å². The molecule has 0 atom stereocenters. The molecule has 0 aliphatic heterocycles. The number of anilines is 2. The summed E-state index contributed by atoms with van der Waals surface area (Å²) in [5.41, 5.74) is 9.39. The highest BCUT2D eigenvalue weighted by atomic mass is 16.5. The largest absolute Gasteiger partial charge is 0.482 e. The molecule has 0 aromatic heterocycles. The van der Waals surface area contributed by atoms with Crippen molar-refractivity contribution in [3.63, 3.8) is 0 Å². The number of amides is 1. The van der Waals surface area contributed by atoms with Crippen molar-refractivity contribution in [2.75, 3.05) is 17.2 Å². The number of nitrogens with zero attached hydrogens (tertiary/aromatic N) is 1. The van der Waals surface area contributed by atoms with Crippen molar-refractivity contribution in [1.82, 2.24) is 0 Å². The highest BCUT2D eigenvalue weighted by molar-refractivity contribution is 6.08. The molecule has 3 rings (SSSR count). The molecule has 0 radical (unpaired) electrons. The van der Waals surface area contributed by atoms with Gasteiger partial charge in [-0.2, -0.15) is 5.26 Å². The van der Waals surface area contributed by atoms with Gasteiger partial charge in [0.1, 0.15) is 11.6 Å². The van der Waals surface area contributed by atoms with Gasteiger partial charge >= 0.3 is 5.97 Å². The summed E-state index contributed by atoms with van der Waals surface area (Å²) >= 11 is 0. The third-order valence-electron chi connectivity index (χ3n) is 4.88. The van der Waals surface area contributed by atoms with Crippen LogP contribution in [0.5, 0.6) is 5.75 Å². The summed E-state index contributed by atoms with van der Waals surface area (Å²) in [6, 6.07) is 18.7. The first kappa shape index (κ1) is 23.8. The number of hydrogen-bond acceptors (Lipinski definition) is 6. The molecule has 6 N–H and O–H groups in total. The number of carboxylic acids is 1. The molecule has 0 aliphatic carbocycles. The number of ether oxygens (including phenoxy) is 1. The number of aliphatic carboxylic acids is 1. The van der Waals surface area contributed by atoms with Crippen LogP contribution in [0, 0.1) is 23.7 Å². The third kappa shape index (κ3) is 6.11. The van der Waals surface area contributed by atoms with Crippen LogP contribution in [0.4, 0.5) is 11.4 Å². The van der Waals surface area contributed by atoms with Gasteiger partial charge in [0.15, 0.2) is 6.61 Å². The highest BCUT2D eigenvalue weighted by Gasteiger charge is 2.14. The van der Waals surface area contributed by atoms with Gasteiger partial charge in [-0.3, -0.25) is 10.2 Å². The second kappa shape index (κ2) is 10.7. The maximum atomic E-state index is 13.0. The number of amidine groups is 1. The Morgan fingerprint density at radius 1 is 1.12 bits per heavy atom. The van der Waals surface area contributed by atoms with Gasteiger partial charge in [-0.25, -0.2) is 4.79 Å². The average Bonchev–Trinajstić information content (AvgIpc) is 2.82. The fourth-order valence-electron chi connectivity index (χ4n) is 3.19. The van der Waals surface area contributed by atoms with Crippen LogP contribution in [0.2, 0.25) is 0 Å². The maximum Gasteiger partial charge on any atom is 0.341 e. The molecule has 0 unspecified atom stereocenters. The third-order valence-corrected chi connectivity index (χ3v) is 4.88. The smallest absolute Gasteiger partial charge is 0.341 e. The van der Waals surface area contributed by atoms with Gasteiger partial charge < -0.3 is 26.2 Å². The zero-order valence-corrected chi connectivity index (χ0v) is 18.4. The van der Waals surface area contributed by atoms with Crippen molar-refractivity contribution >= 4 is 29.1 Å². The molecule has 0 spiro atoms. The molecule has 9 nitrogen and oxygen atoms in total. The number of nitrogens with two attached hydrogens (primary N) is 1. The van der Waals surface area contributed by atoms with Crippen molar-refractivity contribution in [2.24, 2.45) is 5.73 Å². The number of nitriles is 1. The fourth-order valence-corrected chi connectivity index (χ4v) is 3.19. The van der Waals surface area contributed by atoms with Gasteiger partial charge in [0, 0.05) is 29.0 Å². The van der Waals surface area contributed by atoms with E-state index < -0.39 is 12.6 Å². The first-order valence-electron chi connectivity index (χ1n) is 10.2. The van der Waals surface area contributed by atoms with Crippen LogP contribution in [-0.2, 0) is 11.3 Å². The Hall–Kier alpha value is -4.84. The second-order valence-corrected chi connectivity index (χ2v) is 7.46. The Morgan fingerprint density at radius 2 is 1.85 bits per heavy atom. The molecule has 9 heteroatoms. The van der Waals surface area contributed by atoms with E-state index in [-0.39, 0.29) is 18.3 Å². The molecule has 3 aromatic carbocycles. The van der Waals surface area contributed by atoms with Crippen molar-refractivity contribution < 1.29 is 19.4 Å². The number of rotatable bonds is 9. The van der Waals surface area contributed by atoms with Crippen LogP contribution in [-0.4, -0.2) is 29.4 Å². The van der Waals surface area contributed by atoms with E-state index in [4.69, 9.17) is 21.0 Å². The lowest BCUT2D eigenvalue weighted by Crippen LogP contribution is -2.16. The highest BCUT2D eigenvalue weighted by Crippen LogP contribution is 2.24. The molecule has 1 amide bonds. The summed E-state index contributed by atoms with van der Waals surface area (Å²) in [7, 11) is 0. The van der Waals surface area contributed by atoms with Crippen LogP contribution < -0.4 is 21.1 Å². The summed E-state index contributed by atoms with van der Waals surface area (Å²) in [5, 5.41) is 31.6. The Morgan fingerprint density at radius 3 is 2.50 bits per heavy atom. The number of carbonyl (C=O) groups is 2. The zero-order chi connectivity index (χ0) is 24.7. The molecule has 0 saturated carbocycles. The quantitative estimate of drug-likeness (QED) is 0.243. The Kier molecular flexibility index (Phi) is 7.46. The Bertz CT molecular complexity index is 1280. The van der Waals surface area contributed by atoms with E-state index >= 15 is 0 Å². The first-order chi connectivity index (χ1) is 16.3. The van der Waals surface area contributed by atoms with Crippen LogP contribution in [0.15, 0.2) is 60.7 Å². The average molecular weight is 457 g/mol. The summed E-state index contributed by atoms with van der Waals surface area (Å²) in [6.45, 7) is 1.55. The van der Waals surface area contributed by atoms with Crippen LogP contribution in [0.3, 0.4) is 0 Å². The number of hydrogen-bond donors (Lipinski definition) is 5. The molecule has 3 aromatic rings. The van der Waals surface area contributed by atoms with Gasteiger partial charge in [-0.15, -0.1) is 0 Å². The topological polar surface area (TPSA) is 161 Å². The van der Waals surface area contributed by atoms with Gasteiger partial charge in [-0.05, 0) is 61.5 Å². The molecule has 0 bridgehead atoms. The van der Waals surface area contributed by atoms with E-state index in [0.717, 1.165) is 5.56 Å². The van der Waals surface area contributed by atoms with Gasteiger partial charge in [0.2, 0.25) is 0 Å². The van der Waals surface area contributed by atoms with E-state index in [1.807, 2.05) is 19.1 Å². The van der Waals surface area contributed by atoms with Crippen molar-refractivity contribution in [3.8, 4) is 11.8 Å². The fraction of sp³-hybridized carbons (Fsp3) is 0.120. The van der Waals surface area contributed by atoms with E-state index in [9.17, 15) is 14.9 Å². The molecular formula is C25H23N5O4. The van der Waals surface area contributed by atoms with Crippen molar-refractivity contribution in [1.29, 1.82) is 10.7 Å². The first-order valence-corrected chi connectivity index (χ1v) is 10.2. The minimum Gasteiger partial charge on any atom is -0.482 e. The van der Waals surface area contributed by atoms with Crippen LogP contribution in [0.25, 0.3) is 0 Å². The number of benzene rings is 3. The normalized spacial score (nSPS) is 10.1. The summed E-state index contributed by atoms with van der Waals surface area (Å²) in [5.74, 6) is -1.18. The Balaban J connectivity index is 1.81. The van der Waals surface area contributed by atoms with E-state index in [1.165, 1.54) is 0 Å². The molecule has 0 heterocycles. The van der Waals surface area contributed by atoms with Gasteiger partial charge in [0.05, 0.1) is 17.2 Å². The van der Waals surface area contributed by atoms with Crippen LogP contribution in [0.1, 0.15) is 32.6 Å². The molecule has 34 heavy (non-hydrogen) atoms. The minimum atomic E-state index is -1.11. The zero-order valence-electron chi connectivity index (χ0n) is 18.4. The van der Waals surface area contributed by atoms with Crippen LogP contribution >= 0.6 is 0 Å². The summed E-state index contributed by atoms with van der Waals surface area (Å²) in [4.78, 5) is 23.9. The summed E-state index contributed by atoms with van der Waals surface area (Å²) < 4.78 is 5.34. The maximum absolute atomic E-state index is 13.0. The SMILES string of the molecule is Cc1ccc(NCc2cc(C#N)ccc2OCC(=O)O)c(C(=O)Nc2ccc(C(=N)N)cc2)c1. The lowest BCUT2D eigenvalue weighted by Gasteiger charge is -2.15. The second-order valence-electron chi connectivity index (χ2n) is 7.46. The molecule has 172 valence electrons. The standard InChI is InChI=1S/C25H23N5O4/c1-15-2-8-21(20(10-15)25(33)30-19-6-4-17(5-7-19)24(27)28)29-13-18-11-16(12-26)3-9-22(18)34-14-23(31)32/h2-11,29H,13-14H2,1H3,(H3,27,28)(H,30,33)(H,31,32). The number of carbonyl (C=O) groups excluding carboxylic acids is 1. The van der Waals surface area contributed by atoms with Gasteiger partial charge in [-0.1, -0.05) is 11.6 Å². The van der Waals surface area contributed by atoms with Gasteiger partial charge in [0.25, 0.3) is 5.91 Å². The summed E-state index contributed by atoms with van der Waals surface area (Å²) in [6.07, 6.45) is 0. The predicted molar refractivity (Wildman–Crippen MR) is 128 cm³/mol. The van der Waals surface area contributed by atoms with E-state index in [1.54, 1.807) is 54.6 Å². The lowest BCUT2D eigenvalue weighted by atomic mass is 10.1. The number of nitrogens with one attached hydrogen (secondary N) is 3. The molecule has 0 aliphatic rings. The van der Waals surface area contributed by atoms with E-state index in [2.05, 4.69) is 10.6 Å². The number of carboxylic acid groups (broad SMARTS) is 1. The van der Waals surface area contributed by atoms with Crippen molar-refractivity contribution in [3.05, 3.63) is 88.5 Å². The monoisotopic (exact) mass is 457 g/mol. The van der Waals surface area contributed by atoms with Crippen molar-refractivity contribution in [2.45, 2.75) is 13.5 Å². The van der Waals surface area contributed by atoms with E-state index in [0.29, 0.717) is 39.4 Å².